The molecule has 1 heterocycles. The van der Waals surface area contributed by atoms with Crippen molar-refractivity contribution >= 4 is 6.09 Å². The van der Waals surface area contributed by atoms with Gasteiger partial charge in [-0.3, -0.25) is 0 Å². The molecule has 2 atom stereocenters. The molecule has 0 aliphatic carbocycles. The van der Waals surface area contributed by atoms with Gasteiger partial charge in [0, 0.05) is 19.2 Å². The van der Waals surface area contributed by atoms with Crippen molar-refractivity contribution in [3.05, 3.63) is 35.9 Å². The molecule has 110 valence electrons. The molecule has 4 heteroatoms. The molecule has 2 rings (SSSR count). The first-order chi connectivity index (χ1) is 9.70. The van der Waals surface area contributed by atoms with E-state index < -0.39 is 6.09 Å². The van der Waals surface area contributed by atoms with Crippen LogP contribution in [0.25, 0.3) is 0 Å². The van der Waals surface area contributed by atoms with Gasteiger partial charge in [-0.25, -0.2) is 4.79 Å². The van der Waals surface area contributed by atoms with Gasteiger partial charge in [-0.15, -0.1) is 0 Å². The molecule has 1 amide bonds. The SMILES string of the molecule is O=C(O)N1CCC(CCCO)CC1Cc1ccccc1. The Hall–Kier alpha value is -1.55. The van der Waals surface area contributed by atoms with Gasteiger partial charge >= 0.3 is 6.09 Å². The van der Waals surface area contributed by atoms with Crippen molar-refractivity contribution in [3.63, 3.8) is 0 Å². The number of amides is 1. The summed E-state index contributed by atoms with van der Waals surface area (Å²) in [5.41, 5.74) is 1.19. The topological polar surface area (TPSA) is 60.8 Å². The lowest BCUT2D eigenvalue weighted by Gasteiger charge is -2.38. The second-order valence-electron chi connectivity index (χ2n) is 5.58. The van der Waals surface area contributed by atoms with E-state index in [9.17, 15) is 9.90 Å². The predicted molar refractivity (Wildman–Crippen MR) is 77.7 cm³/mol. The summed E-state index contributed by atoms with van der Waals surface area (Å²) in [4.78, 5) is 12.9. The average molecular weight is 277 g/mol. The van der Waals surface area contributed by atoms with Crippen molar-refractivity contribution in [2.45, 2.75) is 38.1 Å². The zero-order chi connectivity index (χ0) is 14.4. The molecular weight excluding hydrogens is 254 g/mol. The van der Waals surface area contributed by atoms with Crippen LogP contribution in [0.2, 0.25) is 0 Å². The summed E-state index contributed by atoms with van der Waals surface area (Å²) >= 11 is 0. The summed E-state index contributed by atoms with van der Waals surface area (Å²) in [7, 11) is 0. The molecule has 0 saturated carbocycles. The van der Waals surface area contributed by atoms with E-state index in [4.69, 9.17) is 5.11 Å². The van der Waals surface area contributed by atoms with Crippen LogP contribution in [0.3, 0.4) is 0 Å². The molecular formula is C16H23NO3. The summed E-state index contributed by atoms with van der Waals surface area (Å²) in [6.07, 6.45) is 3.60. The van der Waals surface area contributed by atoms with Crippen LogP contribution >= 0.6 is 0 Å². The van der Waals surface area contributed by atoms with E-state index in [1.165, 1.54) is 5.56 Å². The average Bonchev–Trinajstić information content (AvgIpc) is 2.46. The molecule has 2 unspecified atom stereocenters. The number of piperidine rings is 1. The minimum Gasteiger partial charge on any atom is -0.465 e. The number of benzene rings is 1. The Balaban J connectivity index is 2.01. The maximum absolute atomic E-state index is 11.4. The summed E-state index contributed by atoms with van der Waals surface area (Å²) in [5.74, 6) is 0.534. The fraction of sp³-hybridized carbons (Fsp3) is 0.562. The van der Waals surface area contributed by atoms with Crippen LogP contribution in [0.1, 0.15) is 31.2 Å². The minimum atomic E-state index is -0.813. The third kappa shape index (κ3) is 3.97. The second-order valence-corrected chi connectivity index (χ2v) is 5.58. The number of carboxylic acid groups (broad SMARTS) is 1. The molecule has 1 aliphatic rings. The van der Waals surface area contributed by atoms with Crippen LogP contribution in [0.4, 0.5) is 4.79 Å². The standard InChI is InChI=1S/C16H23NO3/c18-10-4-7-14-8-9-17(16(19)20)15(12-14)11-13-5-2-1-3-6-13/h1-3,5-6,14-15,18H,4,7-12H2,(H,19,20). The number of carbonyl (C=O) groups is 1. The van der Waals surface area contributed by atoms with Crippen molar-refractivity contribution in [1.82, 2.24) is 4.90 Å². The lowest BCUT2D eigenvalue weighted by atomic mass is 9.85. The van der Waals surface area contributed by atoms with Gasteiger partial charge in [0.2, 0.25) is 0 Å². The maximum Gasteiger partial charge on any atom is 0.407 e. The van der Waals surface area contributed by atoms with E-state index in [1.54, 1.807) is 4.90 Å². The number of hydrogen-bond donors (Lipinski definition) is 2. The summed E-state index contributed by atoms with van der Waals surface area (Å²) in [6.45, 7) is 0.839. The summed E-state index contributed by atoms with van der Waals surface area (Å²) < 4.78 is 0. The maximum atomic E-state index is 11.4. The Morgan fingerprint density at radius 1 is 1.30 bits per heavy atom. The fourth-order valence-corrected chi connectivity index (χ4v) is 3.11. The largest absolute Gasteiger partial charge is 0.465 e. The first-order valence-electron chi connectivity index (χ1n) is 7.35. The molecule has 0 spiro atoms. The molecule has 0 radical (unpaired) electrons. The first-order valence-corrected chi connectivity index (χ1v) is 7.35. The lowest BCUT2D eigenvalue weighted by Crippen LogP contribution is -2.46. The summed E-state index contributed by atoms with van der Waals surface area (Å²) in [5, 5.41) is 18.3. The predicted octanol–water partition coefficient (Wildman–Crippen LogP) is 2.76. The highest BCUT2D eigenvalue weighted by Crippen LogP contribution is 2.28. The van der Waals surface area contributed by atoms with E-state index in [1.807, 2.05) is 18.2 Å². The highest BCUT2D eigenvalue weighted by Gasteiger charge is 2.31. The number of aliphatic hydroxyl groups is 1. The quantitative estimate of drug-likeness (QED) is 0.870. The molecule has 1 fully saturated rings. The number of aliphatic hydroxyl groups excluding tert-OH is 1. The lowest BCUT2D eigenvalue weighted by molar-refractivity contribution is 0.0859. The smallest absolute Gasteiger partial charge is 0.407 e. The van der Waals surface area contributed by atoms with Crippen molar-refractivity contribution in [3.8, 4) is 0 Å². The van der Waals surface area contributed by atoms with Crippen LogP contribution < -0.4 is 0 Å². The number of likely N-dealkylation sites (tertiary alicyclic amines) is 1. The Morgan fingerprint density at radius 2 is 2.05 bits per heavy atom. The molecule has 4 nitrogen and oxygen atoms in total. The van der Waals surface area contributed by atoms with Crippen molar-refractivity contribution in [1.29, 1.82) is 0 Å². The highest BCUT2D eigenvalue weighted by atomic mass is 16.4. The molecule has 1 aliphatic heterocycles. The normalized spacial score (nSPS) is 22.8. The van der Waals surface area contributed by atoms with Crippen LogP contribution in [-0.4, -0.2) is 40.4 Å². The number of rotatable bonds is 5. The van der Waals surface area contributed by atoms with E-state index in [2.05, 4.69) is 12.1 Å². The third-order valence-corrected chi connectivity index (χ3v) is 4.15. The van der Waals surface area contributed by atoms with E-state index in [-0.39, 0.29) is 12.6 Å². The van der Waals surface area contributed by atoms with Gasteiger partial charge in [0.25, 0.3) is 0 Å². The van der Waals surface area contributed by atoms with Gasteiger partial charge in [-0.1, -0.05) is 30.3 Å². The molecule has 0 aromatic heterocycles. The molecule has 1 aromatic rings. The van der Waals surface area contributed by atoms with Gasteiger partial charge in [0.15, 0.2) is 0 Å². The Bertz CT molecular complexity index is 421. The zero-order valence-electron chi connectivity index (χ0n) is 11.7. The Kier molecular flexibility index (Phi) is 5.41. The Morgan fingerprint density at radius 3 is 2.70 bits per heavy atom. The van der Waals surface area contributed by atoms with Crippen LogP contribution in [-0.2, 0) is 6.42 Å². The van der Waals surface area contributed by atoms with Gasteiger partial charge in [0.1, 0.15) is 0 Å². The van der Waals surface area contributed by atoms with Crippen molar-refractivity contribution < 1.29 is 15.0 Å². The van der Waals surface area contributed by atoms with Gasteiger partial charge in [0.05, 0.1) is 0 Å². The number of hydrogen-bond acceptors (Lipinski definition) is 2. The van der Waals surface area contributed by atoms with Gasteiger partial charge in [-0.05, 0) is 43.6 Å². The minimum absolute atomic E-state index is 0.0624. The molecule has 20 heavy (non-hydrogen) atoms. The third-order valence-electron chi connectivity index (χ3n) is 4.15. The number of nitrogens with zero attached hydrogens (tertiary/aromatic N) is 1. The van der Waals surface area contributed by atoms with E-state index in [0.717, 1.165) is 32.1 Å². The monoisotopic (exact) mass is 277 g/mol. The van der Waals surface area contributed by atoms with Crippen LogP contribution in [0.15, 0.2) is 30.3 Å². The molecule has 1 saturated heterocycles. The summed E-state index contributed by atoms with van der Waals surface area (Å²) in [6, 6.07) is 10.1. The Labute approximate surface area is 120 Å². The van der Waals surface area contributed by atoms with Crippen molar-refractivity contribution in [2.24, 2.45) is 5.92 Å². The van der Waals surface area contributed by atoms with Crippen LogP contribution in [0.5, 0.6) is 0 Å². The van der Waals surface area contributed by atoms with E-state index in [0.29, 0.717) is 12.5 Å². The second kappa shape index (κ2) is 7.29. The van der Waals surface area contributed by atoms with Gasteiger partial charge in [-0.2, -0.15) is 0 Å². The van der Waals surface area contributed by atoms with Crippen molar-refractivity contribution in [2.75, 3.05) is 13.2 Å². The molecule has 0 bridgehead atoms. The van der Waals surface area contributed by atoms with Gasteiger partial charge < -0.3 is 15.1 Å². The highest BCUT2D eigenvalue weighted by molar-refractivity contribution is 5.65. The fourth-order valence-electron chi connectivity index (χ4n) is 3.11. The molecule has 2 N–H and O–H groups in total. The van der Waals surface area contributed by atoms with E-state index >= 15 is 0 Å². The van der Waals surface area contributed by atoms with Crippen LogP contribution in [0, 0.1) is 5.92 Å². The first kappa shape index (κ1) is 14.9. The zero-order valence-corrected chi connectivity index (χ0v) is 11.7. The molecule has 1 aromatic carbocycles.